The minimum atomic E-state index is -4.22. The number of rotatable bonds is 5. The topological polar surface area (TPSA) is 110 Å². The molecule has 0 aromatic heterocycles. The SMILES string of the molecule is O=C1NC(=O)N(c2cccc(Cl)c2)C(=O)/C1=C/c1cc(Cl)ccc1OS(=O)(=O)c1ccccc1. The summed E-state index contributed by atoms with van der Waals surface area (Å²) in [6.07, 6.45) is 1.10. The van der Waals surface area contributed by atoms with Gasteiger partial charge in [-0.25, -0.2) is 9.69 Å². The predicted molar refractivity (Wildman–Crippen MR) is 126 cm³/mol. The number of barbiturate groups is 1. The van der Waals surface area contributed by atoms with Gasteiger partial charge >= 0.3 is 16.1 Å². The van der Waals surface area contributed by atoms with Crippen molar-refractivity contribution in [2.45, 2.75) is 4.90 Å². The van der Waals surface area contributed by atoms with Gasteiger partial charge in [0.15, 0.2) is 0 Å². The number of urea groups is 1. The third kappa shape index (κ3) is 4.81. The number of benzene rings is 3. The van der Waals surface area contributed by atoms with E-state index < -0.39 is 33.5 Å². The van der Waals surface area contributed by atoms with Crippen LogP contribution in [0.2, 0.25) is 10.0 Å². The summed E-state index contributed by atoms with van der Waals surface area (Å²) in [6.45, 7) is 0. The smallest absolute Gasteiger partial charge is 0.339 e. The van der Waals surface area contributed by atoms with Gasteiger partial charge in [0.25, 0.3) is 11.8 Å². The minimum Gasteiger partial charge on any atom is -0.378 e. The lowest BCUT2D eigenvalue weighted by molar-refractivity contribution is -0.122. The normalized spacial score (nSPS) is 15.4. The lowest BCUT2D eigenvalue weighted by atomic mass is 10.1. The van der Waals surface area contributed by atoms with Gasteiger partial charge in [0.05, 0.1) is 5.69 Å². The number of hydrogen-bond donors (Lipinski definition) is 1. The Labute approximate surface area is 204 Å². The van der Waals surface area contributed by atoms with E-state index in [1.807, 2.05) is 0 Å². The van der Waals surface area contributed by atoms with E-state index in [-0.39, 0.29) is 31.9 Å². The number of nitrogens with one attached hydrogen (secondary N) is 1. The summed E-state index contributed by atoms with van der Waals surface area (Å²) in [5.41, 5.74) is -0.266. The molecule has 1 aliphatic heterocycles. The highest BCUT2D eigenvalue weighted by molar-refractivity contribution is 7.87. The number of amides is 4. The van der Waals surface area contributed by atoms with Crippen LogP contribution in [0.1, 0.15) is 5.56 Å². The molecule has 8 nitrogen and oxygen atoms in total. The first kappa shape index (κ1) is 23.5. The van der Waals surface area contributed by atoms with Crippen LogP contribution in [0.3, 0.4) is 0 Å². The lowest BCUT2D eigenvalue weighted by Crippen LogP contribution is -2.54. The summed E-state index contributed by atoms with van der Waals surface area (Å²) < 4.78 is 30.6. The van der Waals surface area contributed by atoms with E-state index in [1.54, 1.807) is 12.1 Å². The maximum absolute atomic E-state index is 13.1. The van der Waals surface area contributed by atoms with E-state index in [2.05, 4.69) is 5.32 Å². The number of anilines is 1. The van der Waals surface area contributed by atoms with Crippen LogP contribution in [-0.2, 0) is 19.7 Å². The molecule has 172 valence electrons. The second kappa shape index (κ2) is 9.30. The molecule has 3 aromatic rings. The second-order valence-electron chi connectivity index (χ2n) is 6.97. The molecule has 3 aromatic carbocycles. The summed E-state index contributed by atoms with van der Waals surface area (Å²) in [5, 5.41) is 2.55. The number of imide groups is 2. The number of halogens is 2. The maximum Gasteiger partial charge on any atom is 0.339 e. The summed E-state index contributed by atoms with van der Waals surface area (Å²) >= 11 is 12.0. The van der Waals surface area contributed by atoms with Crippen LogP contribution in [-0.4, -0.2) is 26.3 Å². The van der Waals surface area contributed by atoms with E-state index >= 15 is 0 Å². The van der Waals surface area contributed by atoms with Crippen molar-refractivity contribution in [2.24, 2.45) is 0 Å². The minimum absolute atomic E-state index is 0.0332. The van der Waals surface area contributed by atoms with Crippen LogP contribution in [0.15, 0.2) is 83.3 Å². The average molecular weight is 517 g/mol. The Morgan fingerprint density at radius 3 is 2.26 bits per heavy atom. The Balaban J connectivity index is 1.76. The Hall–Kier alpha value is -3.66. The van der Waals surface area contributed by atoms with Crippen LogP contribution >= 0.6 is 23.2 Å². The van der Waals surface area contributed by atoms with Crippen molar-refractivity contribution in [3.8, 4) is 5.75 Å². The van der Waals surface area contributed by atoms with Gasteiger partial charge in [0.2, 0.25) is 0 Å². The van der Waals surface area contributed by atoms with Gasteiger partial charge in [0.1, 0.15) is 16.2 Å². The Kier molecular flexibility index (Phi) is 6.43. The van der Waals surface area contributed by atoms with Crippen LogP contribution in [0, 0.1) is 0 Å². The monoisotopic (exact) mass is 516 g/mol. The molecule has 34 heavy (non-hydrogen) atoms. The third-order valence-electron chi connectivity index (χ3n) is 4.67. The Morgan fingerprint density at radius 1 is 0.853 bits per heavy atom. The van der Waals surface area contributed by atoms with E-state index in [4.69, 9.17) is 27.4 Å². The number of carbonyl (C=O) groups is 3. The molecule has 0 bridgehead atoms. The van der Waals surface area contributed by atoms with E-state index in [1.165, 1.54) is 60.7 Å². The van der Waals surface area contributed by atoms with Gasteiger partial charge in [-0.1, -0.05) is 47.5 Å². The molecule has 1 saturated heterocycles. The zero-order valence-electron chi connectivity index (χ0n) is 17.1. The first-order valence-corrected chi connectivity index (χ1v) is 11.8. The highest BCUT2D eigenvalue weighted by Gasteiger charge is 2.37. The van der Waals surface area contributed by atoms with Crippen LogP contribution in [0.25, 0.3) is 6.08 Å². The number of hydrogen-bond acceptors (Lipinski definition) is 6. The first-order valence-electron chi connectivity index (χ1n) is 9.62. The molecule has 4 rings (SSSR count). The molecule has 0 aliphatic carbocycles. The summed E-state index contributed by atoms with van der Waals surface area (Å²) in [7, 11) is -4.22. The molecule has 0 atom stereocenters. The molecule has 0 radical (unpaired) electrons. The van der Waals surface area contributed by atoms with Crippen LogP contribution < -0.4 is 14.4 Å². The van der Waals surface area contributed by atoms with Crippen LogP contribution in [0.5, 0.6) is 5.75 Å². The maximum atomic E-state index is 13.1. The zero-order chi connectivity index (χ0) is 24.5. The number of carbonyl (C=O) groups excluding carboxylic acids is 3. The van der Waals surface area contributed by atoms with Crippen molar-refractivity contribution in [1.29, 1.82) is 0 Å². The lowest BCUT2D eigenvalue weighted by Gasteiger charge is -2.26. The molecule has 1 aliphatic rings. The fraction of sp³-hybridized carbons (Fsp3) is 0. The fourth-order valence-electron chi connectivity index (χ4n) is 3.12. The molecule has 11 heteroatoms. The largest absolute Gasteiger partial charge is 0.378 e. The average Bonchev–Trinajstić information content (AvgIpc) is 2.79. The molecule has 0 saturated carbocycles. The zero-order valence-corrected chi connectivity index (χ0v) is 19.4. The summed E-state index contributed by atoms with van der Waals surface area (Å²) in [4.78, 5) is 38.6. The van der Waals surface area contributed by atoms with Gasteiger partial charge in [-0.05, 0) is 54.6 Å². The van der Waals surface area contributed by atoms with Crippen molar-refractivity contribution >= 4 is 62.9 Å². The van der Waals surface area contributed by atoms with Gasteiger partial charge in [-0.15, -0.1) is 0 Å². The molecule has 0 unspecified atom stereocenters. The van der Waals surface area contributed by atoms with Gasteiger partial charge < -0.3 is 4.18 Å². The molecular weight excluding hydrogens is 503 g/mol. The molecule has 1 fully saturated rings. The molecule has 1 heterocycles. The predicted octanol–water partition coefficient (Wildman–Crippen LogP) is 4.43. The highest BCUT2D eigenvalue weighted by atomic mass is 35.5. The second-order valence-corrected chi connectivity index (χ2v) is 9.39. The third-order valence-corrected chi connectivity index (χ3v) is 6.39. The van der Waals surface area contributed by atoms with Crippen molar-refractivity contribution in [1.82, 2.24) is 5.32 Å². The van der Waals surface area contributed by atoms with Crippen molar-refractivity contribution in [3.63, 3.8) is 0 Å². The summed E-state index contributed by atoms with van der Waals surface area (Å²) in [6, 6.07) is 16.4. The standard InChI is InChI=1S/C23H14Cl2N2O6S/c24-15-5-4-6-17(13-15)27-22(29)19(21(28)26-23(27)30)12-14-11-16(25)9-10-20(14)33-34(31,32)18-7-2-1-3-8-18/h1-13H,(H,26,28,30)/b19-12+. The highest BCUT2D eigenvalue weighted by Crippen LogP contribution is 2.30. The molecule has 4 amide bonds. The van der Waals surface area contributed by atoms with Crippen LogP contribution in [0.4, 0.5) is 10.5 Å². The molecule has 1 N–H and O–H groups in total. The van der Waals surface area contributed by atoms with E-state index in [9.17, 15) is 22.8 Å². The Bertz CT molecular complexity index is 1460. The van der Waals surface area contributed by atoms with Crippen molar-refractivity contribution < 1.29 is 27.0 Å². The van der Waals surface area contributed by atoms with Gasteiger partial charge in [-0.3, -0.25) is 14.9 Å². The van der Waals surface area contributed by atoms with Crippen molar-refractivity contribution in [2.75, 3.05) is 4.90 Å². The first-order chi connectivity index (χ1) is 16.2. The van der Waals surface area contributed by atoms with Gasteiger partial charge in [0, 0.05) is 15.6 Å². The Morgan fingerprint density at radius 2 is 1.56 bits per heavy atom. The van der Waals surface area contributed by atoms with E-state index in [0.717, 1.165) is 11.0 Å². The fourth-order valence-corrected chi connectivity index (χ4v) is 4.46. The molecule has 0 spiro atoms. The van der Waals surface area contributed by atoms with Crippen molar-refractivity contribution in [3.05, 3.63) is 94.0 Å². The quantitative estimate of drug-likeness (QED) is 0.305. The summed E-state index contributed by atoms with van der Waals surface area (Å²) in [5.74, 6) is -2.08. The number of nitrogens with zero attached hydrogens (tertiary/aromatic N) is 1. The van der Waals surface area contributed by atoms with E-state index in [0.29, 0.717) is 0 Å². The van der Waals surface area contributed by atoms with Gasteiger partial charge in [-0.2, -0.15) is 8.42 Å². The molecular formula is C23H14Cl2N2O6S.